The molecule has 0 aliphatic carbocycles. The van der Waals surface area contributed by atoms with Crippen molar-refractivity contribution in [2.24, 2.45) is 5.92 Å². The van der Waals surface area contributed by atoms with Crippen molar-refractivity contribution >= 4 is 19.4 Å². The summed E-state index contributed by atoms with van der Waals surface area (Å²) in [5.74, 6) is 0.0933. The fourth-order valence-corrected chi connectivity index (χ4v) is 2.99. The van der Waals surface area contributed by atoms with Crippen molar-refractivity contribution in [1.82, 2.24) is 5.32 Å². The van der Waals surface area contributed by atoms with Crippen LogP contribution in [-0.4, -0.2) is 25.9 Å². The van der Waals surface area contributed by atoms with Gasteiger partial charge in [0.05, 0.1) is 6.19 Å². The second kappa shape index (κ2) is 18.5. The van der Waals surface area contributed by atoms with Crippen LogP contribution in [0.4, 0.5) is 0 Å². The normalized spacial score (nSPS) is 11.9. The SMILES string of the molecule is CCCCCCCCCCCCNC(=O)[C@@H](C[B]C=O)CCCC. The third-order valence-electron chi connectivity index (χ3n) is 4.62. The lowest BCUT2D eigenvalue weighted by molar-refractivity contribution is -0.124. The number of hydrogen-bond acceptors (Lipinski definition) is 2. The average molecular weight is 336 g/mol. The molecule has 4 heteroatoms. The zero-order chi connectivity index (χ0) is 17.9. The van der Waals surface area contributed by atoms with Gasteiger partial charge in [-0.2, -0.15) is 0 Å². The molecule has 0 aromatic rings. The van der Waals surface area contributed by atoms with Crippen LogP contribution < -0.4 is 5.32 Å². The minimum absolute atomic E-state index is 0.0294. The molecule has 0 fully saturated rings. The van der Waals surface area contributed by atoms with Crippen LogP contribution in [0.3, 0.4) is 0 Å². The molecule has 0 saturated heterocycles. The Morgan fingerprint density at radius 3 is 1.96 bits per heavy atom. The molecule has 0 bridgehead atoms. The standard InChI is InChI=1S/C20H39BNO2/c1-3-5-7-8-9-10-11-12-13-14-16-22-20(24)19(15-6-4-2)17-21-18-23/h18-19H,3-17H2,1-2H3,(H,22,24)/t19-/m1/s1. The number of carbonyl (C=O) groups excluding carboxylic acids is 2. The van der Waals surface area contributed by atoms with E-state index >= 15 is 0 Å². The number of amides is 1. The summed E-state index contributed by atoms with van der Waals surface area (Å²) in [5, 5.41) is 3.05. The first-order valence-electron chi connectivity index (χ1n) is 10.3. The van der Waals surface area contributed by atoms with Gasteiger partial charge in [-0.1, -0.05) is 90.8 Å². The Bertz CT molecular complexity index is 297. The molecule has 0 saturated carbocycles. The van der Waals surface area contributed by atoms with Crippen LogP contribution in [0.1, 0.15) is 97.3 Å². The lowest BCUT2D eigenvalue weighted by atomic mass is 9.70. The summed E-state index contributed by atoms with van der Waals surface area (Å²) in [5.41, 5.74) is 0. The highest BCUT2D eigenvalue weighted by atomic mass is 16.1. The summed E-state index contributed by atoms with van der Waals surface area (Å²) >= 11 is 0. The van der Waals surface area contributed by atoms with Gasteiger partial charge in [0.2, 0.25) is 5.91 Å². The molecule has 139 valence electrons. The van der Waals surface area contributed by atoms with Gasteiger partial charge in [-0.05, 0) is 12.8 Å². The quantitative estimate of drug-likeness (QED) is 0.214. The monoisotopic (exact) mass is 336 g/mol. The summed E-state index contributed by atoms with van der Waals surface area (Å²) < 4.78 is 0. The van der Waals surface area contributed by atoms with Crippen LogP contribution in [0.5, 0.6) is 0 Å². The van der Waals surface area contributed by atoms with Gasteiger partial charge in [-0.3, -0.25) is 4.79 Å². The van der Waals surface area contributed by atoms with E-state index in [4.69, 9.17) is 0 Å². The second-order valence-corrected chi connectivity index (χ2v) is 6.92. The maximum Gasteiger partial charge on any atom is 0.222 e. The molecule has 24 heavy (non-hydrogen) atoms. The Balaban J connectivity index is 3.55. The molecule has 1 atom stereocenters. The zero-order valence-electron chi connectivity index (χ0n) is 16.2. The van der Waals surface area contributed by atoms with Crippen molar-refractivity contribution in [2.75, 3.05) is 6.54 Å². The molecule has 1 amide bonds. The number of rotatable bonds is 18. The van der Waals surface area contributed by atoms with Crippen LogP contribution in [-0.2, 0) is 9.59 Å². The summed E-state index contributed by atoms with van der Waals surface area (Å²) in [6, 6.07) is 0. The maximum atomic E-state index is 12.2. The summed E-state index contributed by atoms with van der Waals surface area (Å²) in [7, 11) is 1.57. The molecule has 0 aromatic heterocycles. The molecule has 0 unspecified atom stereocenters. The lowest BCUT2D eigenvalue weighted by Gasteiger charge is -2.15. The van der Waals surface area contributed by atoms with Crippen molar-refractivity contribution in [1.29, 1.82) is 0 Å². The maximum absolute atomic E-state index is 12.2. The van der Waals surface area contributed by atoms with E-state index < -0.39 is 0 Å². The topological polar surface area (TPSA) is 46.2 Å². The fourth-order valence-electron chi connectivity index (χ4n) is 2.99. The van der Waals surface area contributed by atoms with E-state index in [1.165, 1.54) is 57.8 Å². The minimum Gasteiger partial charge on any atom is -0.356 e. The lowest BCUT2D eigenvalue weighted by Crippen LogP contribution is -2.32. The molecule has 0 heterocycles. The van der Waals surface area contributed by atoms with Gasteiger partial charge in [-0.25, -0.2) is 0 Å². The van der Waals surface area contributed by atoms with Gasteiger partial charge >= 0.3 is 0 Å². The average Bonchev–Trinajstić information content (AvgIpc) is 2.59. The molecule has 0 aliphatic heterocycles. The predicted octanol–water partition coefficient (Wildman–Crippen LogP) is 5.14. The van der Waals surface area contributed by atoms with Gasteiger partial charge in [0, 0.05) is 12.5 Å². The highest BCUT2D eigenvalue weighted by Crippen LogP contribution is 2.13. The molecule has 0 rings (SSSR count). The van der Waals surface area contributed by atoms with Gasteiger partial charge in [0.25, 0.3) is 0 Å². The van der Waals surface area contributed by atoms with E-state index in [1.807, 2.05) is 0 Å². The molecular weight excluding hydrogens is 297 g/mol. The van der Waals surface area contributed by atoms with E-state index in [0.29, 0.717) is 6.32 Å². The number of hydrogen-bond donors (Lipinski definition) is 1. The third-order valence-corrected chi connectivity index (χ3v) is 4.62. The smallest absolute Gasteiger partial charge is 0.222 e. The van der Waals surface area contributed by atoms with Crippen LogP contribution in [0.2, 0.25) is 6.32 Å². The molecule has 0 aliphatic rings. The van der Waals surface area contributed by atoms with Crippen molar-refractivity contribution in [3.05, 3.63) is 0 Å². The first-order chi connectivity index (χ1) is 11.8. The third kappa shape index (κ3) is 14.8. The fraction of sp³-hybridized carbons (Fsp3) is 0.900. The molecule has 0 spiro atoms. The molecular formula is C20H39BNO2. The van der Waals surface area contributed by atoms with Crippen LogP contribution in [0.25, 0.3) is 0 Å². The highest BCUT2D eigenvalue weighted by molar-refractivity contribution is 6.66. The molecule has 1 radical (unpaired) electrons. The van der Waals surface area contributed by atoms with E-state index in [-0.39, 0.29) is 11.8 Å². The van der Waals surface area contributed by atoms with Crippen molar-refractivity contribution in [3.8, 4) is 0 Å². The van der Waals surface area contributed by atoms with Crippen molar-refractivity contribution in [2.45, 2.75) is 104 Å². The number of unbranched alkanes of at least 4 members (excludes halogenated alkanes) is 10. The number of nitrogens with one attached hydrogen (secondary N) is 1. The summed E-state index contributed by atoms with van der Waals surface area (Å²) in [4.78, 5) is 22.6. The van der Waals surface area contributed by atoms with Gasteiger partial charge in [0.15, 0.2) is 7.28 Å². The Labute approximate surface area is 151 Å². The molecule has 3 nitrogen and oxygen atoms in total. The Kier molecular flexibility index (Phi) is 17.9. The first-order valence-corrected chi connectivity index (χ1v) is 10.3. The van der Waals surface area contributed by atoms with Crippen molar-refractivity contribution in [3.63, 3.8) is 0 Å². The minimum atomic E-state index is -0.0294. The summed E-state index contributed by atoms with van der Waals surface area (Å²) in [6.07, 6.45) is 17.5. The van der Waals surface area contributed by atoms with Crippen LogP contribution in [0, 0.1) is 5.92 Å². The van der Waals surface area contributed by atoms with E-state index in [1.54, 1.807) is 7.28 Å². The molecule has 0 aromatic carbocycles. The Morgan fingerprint density at radius 2 is 1.42 bits per heavy atom. The van der Waals surface area contributed by atoms with E-state index in [2.05, 4.69) is 19.2 Å². The Hall–Kier alpha value is -0.795. The van der Waals surface area contributed by atoms with E-state index in [0.717, 1.165) is 38.4 Å². The first kappa shape index (κ1) is 23.2. The summed E-state index contributed by atoms with van der Waals surface area (Å²) in [6.45, 7) is 5.16. The van der Waals surface area contributed by atoms with Gasteiger partial charge in [-0.15, -0.1) is 0 Å². The predicted molar refractivity (Wildman–Crippen MR) is 105 cm³/mol. The number of carbonyl (C=O) groups is 2. The zero-order valence-corrected chi connectivity index (χ0v) is 16.2. The largest absolute Gasteiger partial charge is 0.356 e. The van der Waals surface area contributed by atoms with Gasteiger partial charge < -0.3 is 10.1 Å². The van der Waals surface area contributed by atoms with Crippen LogP contribution in [0.15, 0.2) is 0 Å². The highest BCUT2D eigenvalue weighted by Gasteiger charge is 2.17. The van der Waals surface area contributed by atoms with Gasteiger partial charge in [0.1, 0.15) is 0 Å². The Morgan fingerprint density at radius 1 is 0.875 bits per heavy atom. The second-order valence-electron chi connectivity index (χ2n) is 6.92. The molecule has 1 N–H and O–H groups in total. The van der Waals surface area contributed by atoms with E-state index in [9.17, 15) is 9.59 Å². The van der Waals surface area contributed by atoms with Crippen LogP contribution >= 0.6 is 0 Å². The van der Waals surface area contributed by atoms with Crippen molar-refractivity contribution < 1.29 is 9.59 Å².